The minimum absolute atomic E-state index is 0.526. The zero-order valence-electron chi connectivity index (χ0n) is 12.2. The molecule has 0 unspecified atom stereocenters. The lowest BCUT2D eigenvalue weighted by molar-refractivity contribution is 0.199. The maximum Gasteiger partial charge on any atom is 0.130 e. The highest BCUT2D eigenvalue weighted by Gasteiger charge is 2.31. The van der Waals surface area contributed by atoms with Crippen molar-refractivity contribution >= 4 is 5.82 Å². The number of pyridine rings is 1. The van der Waals surface area contributed by atoms with Crippen molar-refractivity contribution in [1.82, 2.24) is 4.98 Å². The molecule has 0 spiro atoms. The van der Waals surface area contributed by atoms with Crippen LogP contribution in [0.15, 0.2) is 12.1 Å². The number of nitrogens with zero attached hydrogens (tertiary/aromatic N) is 3. The smallest absolute Gasteiger partial charge is 0.130 e. The molecule has 1 saturated heterocycles. The molecule has 2 rings (SSSR count). The highest BCUT2D eigenvalue weighted by atomic mass is 15.2. The van der Waals surface area contributed by atoms with Gasteiger partial charge in [-0.2, -0.15) is 5.26 Å². The number of nitriles is 1. The van der Waals surface area contributed by atoms with Crippen LogP contribution in [0.4, 0.5) is 5.82 Å². The van der Waals surface area contributed by atoms with Gasteiger partial charge in [-0.3, -0.25) is 0 Å². The third kappa shape index (κ3) is 2.89. The van der Waals surface area contributed by atoms with Crippen LogP contribution in [0.3, 0.4) is 0 Å². The number of anilines is 1. The van der Waals surface area contributed by atoms with Crippen molar-refractivity contribution in [3.63, 3.8) is 0 Å². The highest BCUT2D eigenvalue weighted by molar-refractivity contribution is 5.47. The summed E-state index contributed by atoms with van der Waals surface area (Å²) in [5.41, 5.74) is 2.17. The number of aromatic nitrogens is 1. The Labute approximate surface area is 116 Å². The Morgan fingerprint density at radius 3 is 2.42 bits per heavy atom. The summed E-state index contributed by atoms with van der Waals surface area (Å²) < 4.78 is 0. The Hall–Kier alpha value is -1.56. The van der Waals surface area contributed by atoms with Crippen LogP contribution in [0, 0.1) is 23.7 Å². The molecule has 0 radical (unpaired) electrons. The second kappa shape index (κ2) is 5.61. The molecule has 102 valence electrons. The first-order valence-electron chi connectivity index (χ1n) is 7.26. The fourth-order valence-electron chi connectivity index (χ4n) is 3.04. The van der Waals surface area contributed by atoms with Gasteiger partial charge < -0.3 is 4.90 Å². The molecule has 0 aliphatic carbocycles. The van der Waals surface area contributed by atoms with E-state index in [1.165, 1.54) is 25.7 Å². The largest absolute Gasteiger partial charge is 0.357 e. The molecular weight excluding hydrogens is 234 g/mol. The van der Waals surface area contributed by atoms with E-state index in [0.717, 1.165) is 24.6 Å². The summed E-state index contributed by atoms with van der Waals surface area (Å²) in [6.45, 7) is 8.68. The molecule has 19 heavy (non-hydrogen) atoms. The Balaban J connectivity index is 2.14. The van der Waals surface area contributed by atoms with Gasteiger partial charge in [-0.15, -0.1) is 0 Å². The molecule has 3 heteroatoms. The van der Waals surface area contributed by atoms with Crippen molar-refractivity contribution < 1.29 is 0 Å². The molecule has 0 saturated carbocycles. The highest BCUT2D eigenvalue weighted by Crippen LogP contribution is 2.38. The van der Waals surface area contributed by atoms with Gasteiger partial charge in [0.05, 0.1) is 11.6 Å². The monoisotopic (exact) mass is 257 g/mol. The van der Waals surface area contributed by atoms with Gasteiger partial charge in [0.15, 0.2) is 0 Å². The second-order valence-corrected chi connectivity index (χ2v) is 5.66. The first-order valence-corrected chi connectivity index (χ1v) is 7.26. The Morgan fingerprint density at radius 1 is 1.26 bits per heavy atom. The van der Waals surface area contributed by atoms with Crippen LogP contribution in [-0.4, -0.2) is 18.1 Å². The van der Waals surface area contributed by atoms with Gasteiger partial charge in [0.25, 0.3) is 0 Å². The van der Waals surface area contributed by atoms with E-state index in [2.05, 4.69) is 29.8 Å². The molecule has 1 aromatic heterocycles. The van der Waals surface area contributed by atoms with Crippen molar-refractivity contribution in [3.05, 3.63) is 23.4 Å². The number of aryl methyl sites for hydroxylation is 1. The van der Waals surface area contributed by atoms with E-state index in [9.17, 15) is 0 Å². The maximum absolute atomic E-state index is 9.05. The molecule has 0 amide bonds. The lowest BCUT2D eigenvalue weighted by Gasteiger charge is -2.41. The predicted molar refractivity (Wildman–Crippen MR) is 78.2 cm³/mol. The van der Waals surface area contributed by atoms with Gasteiger partial charge in [0.1, 0.15) is 5.82 Å². The van der Waals surface area contributed by atoms with Crippen molar-refractivity contribution in [2.75, 3.05) is 18.0 Å². The van der Waals surface area contributed by atoms with Crippen LogP contribution in [0.2, 0.25) is 0 Å². The lowest BCUT2D eigenvalue weighted by Crippen LogP contribution is -2.40. The number of hydrogen-bond acceptors (Lipinski definition) is 3. The molecule has 3 nitrogen and oxygen atoms in total. The fraction of sp³-hybridized carbons (Fsp3) is 0.625. The molecule has 1 aliphatic rings. The predicted octanol–water partition coefficient (Wildman–Crippen LogP) is 3.67. The standard InChI is InChI=1S/C16H23N3/c1-4-16(5-2)6-8-19(9-7-16)15-11-14(12-17)10-13(3)18-15/h10-11H,4-9H2,1-3H3. The fourth-order valence-corrected chi connectivity index (χ4v) is 3.04. The SMILES string of the molecule is CCC1(CC)CCN(c2cc(C#N)cc(C)n2)CC1. The van der Waals surface area contributed by atoms with Gasteiger partial charge in [0, 0.05) is 18.8 Å². The first-order chi connectivity index (χ1) is 9.12. The zero-order chi connectivity index (χ0) is 13.9. The first kappa shape index (κ1) is 13.9. The molecule has 0 N–H and O–H groups in total. The van der Waals surface area contributed by atoms with Crippen LogP contribution in [0.25, 0.3) is 0 Å². The lowest BCUT2D eigenvalue weighted by atomic mass is 9.74. The zero-order valence-corrected chi connectivity index (χ0v) is 12.2. The molecule has 1 aliphatic heterocycles. The van der Waals surface area contributed by atoms with Crippen molar-refractivity contribution in [2.24, 2.45) is 5.41 Å². The molecule has 1 fully saturated rings. The number of rotatable bonds is 3. The van der Waals surface area contributed by atoms with Crippen LogP contribution in [-0.2, 0) is 0 Å². The summed E-state index contributed by atoms with van der Waals surface area (Å²) in [5, 5.41) is 9.05. The van der Waals surface area contributed by atoms with E-state index in [-0.39, 0.29) is 0 Å². The van der Waals surface area contributed by atoms with Crippen molar-refractivity contribution in [1.29, 1.82) is 5.26 Å². The summed E-state index contributed by atoms with van der Waals surface area (Å²) in [6.07, 6.45) is 5.00. The maximum atomic E-state index is 9.05. The molecular formula is C16H23N3. The molecule has 0 atom stereocenters. The summed E-state index contributed by atoms with van der Waals surface area (Å²) in [5.74, 6) is 0.970. The van der Waals surface area contributed by atoms with Gasteiger partial charge in [-0.05, 0) is 37.3 Å². The Kier molecular flexibility index (Phi) is 4.09. The van der Waals surface area contributed by atoms with Crippen LogP contribution >= 0.6 is 0 Å². The van der Waals surface area contributed by atoms with Gasteiger partial charge >= 0.3 is 0 Å². The Morgan fingerprint density at radius 2 is 1.89 bits per heavy atom. The molecule has 0 bridgehead atoms. The molecule has 0 aromatic carbocycles. The third-order valence-corrected chi connectivity index (χ3v) is 4.72. The minimum atomic E-state index is 0.526. The van der Waals surface area contributed by atoms with E-state index in [1.54, 1.807) is 0 Å². The van der Waals surface area contributed by atoms with E-state index >= 15 is 0 Å². The molecule has 2 heterocycles. The number of piperidine rings is 1. The quantitative estimate of drug-likeness (QED) is 0.829. The van der Waals surface area contributed by atoms with E-state index in [1.807, 2.05) is 19.1 Å². The van der Waals surface area contributed by atoms with Crippen LogP contribution < -0.4 is 4.90 Å². The van der Waals surface area contributed by atoms with E-state index < -0.39 is 0 Å². The van der Waals surface area contributed by atoms with Crippen LogP contribution in [0.1, 0.15) is 50.8 Å². The Bertz CT molecular complexity index is 473. The van der Waals surface area contributed by atoms with E-state index in [4.69, 9.17) is 5.26 Å². The second-order valence-electron chi connectivity index (χ2n) is 5.66. The van der Waals surface area contributed by atoms with E-state index in [0.29, 0.717) is 11.0 Å². The van der Waals surface area contributed by atoms with Gasteiger partial charge in [-0.1, -0.05) is 26.7 Å². The van der Waals surface area contributed by atoms with Crippen molar-refractivity contribution in [3.8, 4) is 6.07 Å². The minimum Gasteiger partial charge on any atom is -0.357 e. The van der Waals surface area contributed by atoms with Gasteiger partial charge in [0.2, 0.25) is 0 Å². The summed E-state index contributed by atoms with van der Waals surface area (Å²) in [7, 11) is 0. The molecule has 1 aromatic rings. The third-order valence-electron chi connectivity index (χ3n) is 4.72. The topological polar surface area (TPSA) is 39.9 Å². The van der Waals surface area contributed by atoms with Gasteiger partial charge in [-0.25, -0.2) is 4.98 Å². The summed E-state index contributed by atoms with van der Waals surface area (Å²) in [6, 6.07) is 5.98. The summed E-state index contributed by atoms with van der Waals surface area (Å²) in [4.78, 5) is 6.91. The average molecular weight is 257 g/mol. The normalized spacial score (nSPS) is 18.1. The number of hydrogen-bond donors (Lipinski definition) is 0. The van der Waals surface area contributed by atoms with Crippen molar-refractivity contribution in [2.45, 2.75) is 46.5 Å². The van der Waals surface area contributed by atoms with Crippen LogP contribution in [0.5, 0.6) is 0 Å². The summed E-state index contributed by atoms with van der Waals surface area (Å²) >= 11 is 0. The average Bonchev–Trinajstić information content (AvgIpc) is 2.46.